The molecule has 20 heavy (non-hydrogen) atoms. The van der Waals surface area contributed by atoms with Crippen molar-refractivity contribution in [1.29, 1.82) is 0 Å². The first-order chi connectivity index (χ1) is 9.15. The minimum absolute atomic E-state index is 0.238. The first kappa shape index (κ1) is 16.9. The van der Waals surface area contributed by atoms with Crippen LogP contribution in [-0.2, 0) is 10.9 Å². The summed E-state index contributed by atoms with van der Waals surface area (Å²) in [7, 11) is 1.58. The van der Waals surface area contributed by atoms with Crippen molar-refractivity contribution in [3.63, 3.8) is 0 Å². The van der Waals surface area contributed by atoms with Crippen molar-refractivity contribution < 1.29 is 23.0 Å². The average molecular weight is 291 g/mol. The van der Waals surface area contributed by atoms with Gasteiger partial charge in [-0.15, -0.1) is 0 Å². The van der Waals surface area contributed by atoms with Gasteiger partial charge in [-0.1, -0.05) is 12.1 Å². The van der Waals surface area contributed by atoms with E-state index in [1.54, 1.807) is 7.11 Å². The van der Waals surface area contributed by atoms with E-state index in [0.29, 0.717) is 12.2 Å². The lowest BCUT2D eigenvalue weighted by Gasteiger charge is -2.27. The van der Waals surface area contributed by atoms with Gasteiger partial charge in [-0.05, 0) is 31.5 Å². The third-order valence-electron chi connectivity index (χ3n) is 2.90. The number of methoxy groups -OCH3 is 1. The van der Waals surface area contributed by atoms with Gasteiger partial charge < -0.3 is 15.2 Å². The number of benzene rings is 1. The van der Waals surface area contributed by atoms with Crippen LogP contribution in [0.2, 0.25) is 0 Å². The SMILES string of the molecule is COCC(C)(C)NCC(O)c1ccc(C(F)(F)F)cc1. The number of hydrogen-bond donors (Lipinski definition) is 2. The Morgan fingerprint density at radius 3 is 2.20 bits per heavy atom. The highest BCUT2D eigenvalue weighted by atomic mass is 19.4. The second-order valence-electron chi connectivity index (χ2n) is 5.33. The normalized spacial score (nSPS) is 14.3. The number of β-amino-alcohol motifs (C(OH)–C–C–N with tert-alkyl or cyclic N) is 1. The second kappa shape index (κ2) is 6.56. The molecule has 1 aromatic carbocycles. The zero-order chi connectivity index (χ0) is 15.4. The van der Waals surface area contributed by atoms with E-state index < -0.39 is 17.8 Å². The summed E-state index contributed by atoms with van der Waals surface area (Å²) < 4.78 is 42.3. The van der Waals surface area contributed by atoms with E-state index in [-0.39, 0.29) is 12.1 Å². The Morgan fingerprint density at radius 1 is 1.20 bits per heavy atom. The Morgan fingerprint density at radius 2 is 1.75 bits per heavy atom. The molecule has 0 spiro atoms. The number of halogens is 3. The van der Waals surface area contributed by atoms with Crippen LogP contribution in [0.4, 0.5) is 13.2 Å². The third kappa shape index (κ3) is 5.11. The van der Waals surface area contributed by atoms with Gasteiger partial charge in [0.2, 0.25) is 0 Å². The van der Waals surface area contributed by atoms with E-state index in [0.717, 1.165) is 12.1 Å². The summed E-state index contributed by atoms with van der Waals surface area (Å²) in [5.74, 6) is 0. The Hall–Kier alpha value is -1.11. The van der Waals surface area contributed by atoms with Crippen LogP contribution in [0.25, 0.3) is 0 Å². The first-order valence-electron chi connectivity index (χ1n) is 6.25. The summed E-state index contributed by atoms with van der Waals surface area (Å²) in [6.07, 6.45) is -5.23. The van der Waals surface area contributed by atoms with E-state index in [4.69, 9.17) is 4.74 Å². The fourth-order valence-electron chi connectivity index (χ4n) is 1.80. The summed E-state index contributed by atoms with van der Waals surface area (Å²) in [6, 6.07) is 4.52. The smallest absolute Gasteiger partial charge is 0.387 e. The second-order valence-corrected chi connectivity index (χ2v) is 5.33. The van der Waals surface area contributed by atoms with E-state index in [9.17, 15) is 18.3 Å². The molecule has 0 aliphatic carbocycles. The molecule has 1 rings (SSSR count). The topological polar surface area (TPSA) is 41.5 Å². The van der Waals surface area contributed by atoms with Gasteiger partial charge in [0.05, 0.1) is 18.3 Å². The molecular formula is C14H20F3NO2. The standard InChI is InChI=1S/C14H20F3NO2/c1-13(2,9-20-3)18-8-12(19)10-4-6-11(7-5-10)14(15,16)17/h4-7,12,18-19H,8-9H2,1-3H3. The number of nitrogens with one attached hydrogen (secondary N) is 1. The molecule has 6 heteroatoms. The van der Waals surface area contributed by atoms with Crippen LogP contribution >= 0.6 is 0 Å². The fourth-order valence-corrected chi connectivity index (χ4v) is 1.80. The summed E-state index contributed by atoms with van der Waals surface area (Å²) in [4.78, 5) is 0. The van der Waals surface area contributed by atoms with Gasteiger partial charge in [0.1, 0.15) is 0 Å². The minimum Gasteiger partial charge on any atom is -0.387 e. The molecule has 0 radical (unpaired) electrons. The van der Waals surface area contributed by atoms with Crippen LogP contribution in [0.1, 0.15) is 31.1 Å². The monoisotopic (exact) mass is 291 g/mol. The van der Waals surface area contributed by atoms with E-state index in [2.05, 4.69) is 5.32 Å². The lowest BCUT2D eigenvalue weighted by molar-refractivity contribution is -0.137. The predicted octanol–water partition coefficient (Wildman–Crippen LogP) is 2.75. The van der Waals surface area contributed by atoms with Crippen LogP contribution in [0, 0.1) is 0 Å². The van der Waals surface area contributed by atoms with Gasteiger partial charge in [-0.25, -0.2) is 0 Å². The van der Waals surface area contributed by atoms with Crippen molar-refractivity contribution in [3.05, 3.63) is 35.4 Å². The lowest BCUT2D eigenvalue weighted by Crippen LogP contribution is -2.45. The molecule has 3 nitrogen and oxygen atoms in total. The van der Waals surface area contributed by atoms with Crippen LogP contribution < -0.4 is 5.32 Å². The van der Waals surface area contributed by atoms with Gasteiger partial charge in [0.15, 0.2) is 0 Å². The number of aliphatic hydroxyl groups excluding tert-OH is 1. The molecule has 1 unspecified atom stereocenters. The quantitative estimate of drug-likeness (QED) is 0.847. The predicted molar refractivity (Wildman–Crippen MR) is 70.4 cm³/mol. The average Bonchev–Trinajstić information content (AvgIpc) is 2.35. The highest BCUT2D eigenvalue weighted by molar-refractivity contribution is 5.26. The molecule has 0 aliphatic heterocycles. The molecule has 1 aromatic rings. The van der Waals surface area contributed by atoms with Gasteiger partial charge in [0.25, 0.3) is 0 Å². The molecule has 0 heterocycles. The van der Waals surface area contributed by atoms with Crippen molar-refractivity contribution in [2.45, 2.75) is 31.7 Å². The van der Waals surface area contributed by atoms with Crippen LogP contribution in [0.15, 0.2) is 24.3 Å². The van der Waals surface area contributed by atoms with Crippen LogP contribution in [-0.4, -0.2) is 30.9 Å². The van der Waals surface area contributed by atoms with Crippen molar-refractivity contribution in [2.75, 3.05) is 20.3 Å². The van der Waals surface area contributed by atoms with Gasteiger partial charge in [0, 0.05) is 19.2 Å². The summed E-state index contributed by atoms with van der Waals surface area (Å²) in [5.41, 5.74) is -0.596. The highest BCUT2D eigenvalue weighted by Crippen LogP contribution is 2.29. The lowest BCUT2D eigenvalue weighted by atomic mass is 10.0. The van der Waals surface area contributed by atoms with Crippen LogP contribution in [0.3, 0.4) is 0 Å². The fraction of sp³-hybridized carbons (Fsp3) is 0.571. The molecule has 0 amide bonds. The molecular weight excluding hydrogens is 271 g/mol. The van der Waals surface area contributed by atoms with E-state index >= 15 is 0 Å². The van der Waals surface area contributed by atoms with Gasteiger partial charge in [-0.3, -0.25) is 0 Å². The molecule has 0 saturated carbocycles. The van der Waals surface area contributed by atoms with Crippen molar-refractivity contribution in [2.24, 2.45) is 0 Å². The summed E-state index contributed by atoms with van der Waals surface area (Å²) >= 11 is 0. The number of ether oxygens (including phenoxy) is 1. The molecule has 2 N–H and O–H groups in total. The number of aliphatic hydroxyl groups is 1. The van der Waals surface area contributed by atoms with E-state index in [1.165, 1.54) is 12.1 Å². The third-order valence-corrected chi connectivity index (χ3v) is 2.90. The first-order valence-corrected chi connectivity index (χ1v) is 6.25. The van der Waals surface area contributed by atoms with E-state index in [1.807, 2.05) is 13.8 Å². The molecule has 0 aromatic heterocycles. The zero-order valence-corrected chi connectivity index (χ0v) is 11.8. The molecule has 0 fully saturated rings. The summed E-state index contributed by atoms with van der Waals surface area (Å²) in [5, 5.41) is 13.1. The summed E-state index contributed by atoms with van der Waals surface area (Å²) in [6.45, 7) is 4.53. The van der Waals surface area contributed by atoms with Gasteiger partial charge >= 0.3 is 6.18 Å². The van der Waals surface area contributed by atoms with Crippen LogP contribution in [0.5, 0.6) is 0 Å². The Bertz CT molecular complexity index is 415. The minimum atomic E-state index is -4.36. The Balaban J connectivity index is 2.62. The van der Waals surface area contributed by atoms with Crippen molar-refractivity contribution in [1.82, 2.24) is 5.32 Å². The largest absolute Gasteiger partial charge is 0.416 e. The maximum atomic E-state index is 12.4. The highest BCUT2D eigenvalue weighted by Gasteiger charge is 2.30. The molecule has 114 valence electrons. The van der Waals surface area contributed by atoms with Crippen molar-refractivity contribution in [3.8, 4) is 0 Å². The molecule has 0 bridgehead atoms. The maximum Gasteiger partial charge on any atom is 0.416 e. The van der Waals surface area contributed by atoms with Crippen molar-refractivity contribution >= 4 is 0 Å². The molecule has 0 aliphatic rings. The number of alkyl halides is 3. The Labute approximate surface area is 116 Å². The van der Waals surface area contributed by atoms with Gasteiger partial charge in [-0.2, -0.15) is 13.2 Å². The zero-order valence-electron chi connectivity index (χ0n) is 11.8. The molecule has 1 atom stereocenters. The number of rotatable bonds is 6. The molecule has 0 saturated heterocycles. The maximum absolute atomic E-state index is 12.4. The Kier molecular flexibility index (Phi) is 5.56. The number of hydrogen-bond acceptors (Lipinski definition) is 3.